The molecule has 0 amide bonds. The molecule has 3 aromatic rings. The number of nitrogens with zero attached hydrogens (tertiary/aromatic N) is 3. The smallest absolute Gasteiger partial charge is 0.341 e. The summed E-state index contributed by atoms with van der Waals surface area (Å²) >= 11 is 6.36. The summed E-state index contributed by atoms with van der Waals surface area (Å²) in [6.45, 7) is 4.37. The second kappa shape index (κ2) is 5.81. The number of esters is 1. The molecular formula is C15H14ClN3O3. The van der Waals surface area contributed by atoms with Gasteiger partial charge < -0.3 is 9.15 Å². The Morgan fingerprint density at radius 1 is 1.50 bits per heavy atom. The van der Waals surface area contributed by atoms with E-state index in [4.69, 9.17) is 20.8 Å². The van der Waals surface area contributed by atoms with Crippen molar-refractivity contribution in [2.45, 2.75) is 20.4 Å². The molecule has 0 radical (unpaired) electrons. The van der Waals surface area contributed by atoms with Gasteiger partial charge in [-0.2, -0.15) is 5.10 Å². The Labute approximate surface area is 131 Å². The fraction of sp³-hybridized carbons (Fsp3) is 0.267. The van der Waals surface area contributed by atoms with Crippen LogP contribution in [0.25, 0.3) is 11.0 Å². The molecule has 3 aromatic heterocycles. The highest BCUT2D eigenvalue weighted by Crippen LogP contribution is 2.29. The Morgan fingerprint density at radius 3 is 3.00 bits per heavy atom. The first-order valence-corrected chi connectivity index (χ1v) is 7.19. The number of ether oxygens (including phenoxy) is 1. The predicted octanol–water partition coefficient (Wildman–Crippen LogP) is 3.21. The van der Waals surface area contributed by atoms with Crippen LogP contribution in [-0.4, -0.2) is 27.3 Å². The van der Waals surface area contributed by atoms with E-state index >= 15 is 0 Å². The lowest BCUT2D eigenvalue weighted by Gasteiger charge is -2.05. The third kappa shape index (κ3) is 2.46. The highest BCUT2D eigenvalue weighted by Gasteiger charge is 2.20. The molecule has 3 heterocycles. The van der Waals surface area contributed by atoms with Crippen LogP contribution in [0.5, 0.6) is 0 Å². The minimum Gasteiger partial charge on any atom is -0.472 e. The predicted molar refractivity (Wildman–Crippen MR) is 81.0 cm³/mol. The lowest BCUT2D eigenvalue weighted by molar-refractivity contribution is 0.0526. The summed E-state index contributed by atoms with van der Waals surface area (Å²) in [6, 6.07) is 1.86. The molecule has 6 nitrogen and oxygen atoms in total. The Bertz CT molecular complexity index is 824. The zero-order valence-electron chi connectivity index (χ0n) is 12.2. The molecule has 0 unspecified atom stereocenters. The summed E-state index contributed by atoms with van der Waals surface area (Å²) in [5, 5.41) is 5.43. The maximum absolute atomic E-state index is 11.9. The molecule has 3 rings (SSSR count). The summed E-state index contributed by atoms with van der Waals surface area (Å²) in [7, 11) is 0. The van der Waals surface area contributed by atoms with E-state index in [2.05, 4.69) is 10.1 Å². The number of aromatic nitrogens is 3. The molecule has 0 aliphatic rings. The molecule has 0 bridgehead atoms. The second-order valence-electron chi connectivity index (χ2n) is 4.78. The van der Waals surface area contributed by atoms with Crippen LogP contribution in [0.15, 0.2) is 29.2 Å². The van der Waals surface area contributed by atoms with Gasteiger partial charge in [0.25, 0.3) is 0 Å². The Kier molecular flexibility index (Phi) is 3.85. The number of carbonyl (C=O) groups excluding carboxylic acids is 1. The normalized spacial score (nSPS) is 11.0. The summed E-state index contributed by atoms with van der Waals surface area (Å²) in [6.07, 6.45) is 4.68. The van der Waals surface area contributed by atoms with Crippen LogP contribution in [0.1, 0.15) is 28.5 Å². The van der Waals surface area contributed by atoms with E-state index in [0.717, 1.165) is 5.56 Å². The Balaban J connectivity index is 2.08. The second-order valence-corrected chi connectivity index (χ2v) is 5.16. The highest BCUT2D eigenvalue weighted by atomic mass is 35.5. The van der Waals surface area contributed by atoms with Crippen molar-refractivity contribution in [1.82, 2.24) is 14.8 Å². The number of hydrogen-bond acceptors (Lipinski definition) is 5. The number of halogens is 1. The molecule has 7 heteroatoms. The van der Waals surface area contributed by atoms with Gasteiger partial charge in [0.15, 0.2) is 5.65 Å². The van der Waals surface area contributed by atoms with Gasteiger partial charge in [0.2, 0.25) is 0 Å². The van der Waals surface area contributed by atoms with Gasteiger partial charge >= 0.3 is 5.97 Å². The zero-order valence-corrected chi connectivity index (χ0v) is 12.9. The topological polar surface area (TPSA) is 70.2 Å². The molecular weight excluding hydrogens is 306 g/mol. The average Bonchev–Trinajstić information content (AvgIpc) is 3.09. The monoisotopic (exact) mass is 319 g/mol. The molecule has 0 saturated carbocycles. The largest absolute Gasteiger partial charge is 0.472 e. The van der Waals surface area contributed by atoms with E-state index < -0.39 is 5.97 Å². The molecule has 114 valence electrons. The molecule has 0 aliphatic heterocycles. The van der Waals surface area contributed by atoms with Gasteiger partial charge in [-0.15, -0.1) is 0 Å². The van der Waals surface area contributed by atoms with Crippen LogP contribution in [0.4, 0.5) is 0 Å². The molecule has 0 aromatic carbocycles. The number of aryl methyl sites for hydroxylation is 1. The van der Waals surface area contributed by atoms with Gasteiger partial charge in [0, 0.05) is 11.8 Å². The first-order chi connectivity index (χ1) is 10.6. The van der Waals surface area contributed by atoms with Crippen molar-refractivity contribution < 1.29 is 13.9 Å². The van der Waals surface area contributed by atoms with Crippen molar-refractivity contribution in [2.24, 2.45) is 0 Å². The number of carbonyl (C=O) groups is 1. The number of furan rings is 1. The SMILES string of the molecule is CCOC(=O)c1cnc2c(c(C)nn2Cc2ccoc2)c1Cl. The van der Waals surface area contributed by atoms with Crippen LogP contribution < -0.4 is 0 Å². The van der Waals surface area contributed by atoms with Crippen LogP contribution >= 0.6 is 11.6 Å². The minimum atomic E-state index is -0.483. The fourth-order valence-corrected chi connectivity index (χ4v) is 2.64. The number of rotatable bonds is 4. The third-order valence-electron chi connectivity index (χ3n) is 3.28. The van der Waals surface area contributed by atoms with Gasteiger partial charge in [0.05, 0.1) is 47.3 Å². The van der Waals surface area contributed by atoms with Gasteiger partial charge in [0.1, 0.15) is 0 Å². The van der Waals surface area contributed by atoms with Crippen LogP contribution in [-0.2, 0) is 11.3 Å². The lowest BCUT2D eigenvalue weighted by atomic mass is 10.2. The van der Waals surface area contributed by atoms with E-state index in [9.17, 15) is 4.79 Å². The van der Waals surface area contributed by atoms with Crippen molar-refractivity contribution in [3.05, 3.63) is 46.6 Å². The van der Waals surface area contributed by atoms with Gasteiger partial charge in [-0.25, -0.2) is 14.5 Å². The maximum Gasteiger partial charge on any atom is 0.341 e. The first kappa shape index (κ1) is 14.6. The quantitative estimate of drug-likeness (QED) is 0.691. The maximum atomic E-state index is 11.9. The standard InChI is InChI=1S/C15H14ClN3O3/c1-3-22-15(20)11-6-17-14-12(13(11)16)9(2)18-19(14)7-10-4-5-21-8-10/h4-6,8H,3,7H2,1-2H3. The molecule has 0 saturated heterocycles. The van der Waals surface area contributed by atoms with Crippen LogP contribution in [0.2, 0.25) is 5.02 Å². The van der Waals surface area contributed by atoms with E-state index in [1.807, 2.05) is 13.0 Å². The fourth-order valence-electron chi connectivity index (χ4n) is 2.29. The van der Waals surface area contributed by atoms with E-state index in [0.29, 0.717) is 28.3 Å². The van der Waals surface area contributed by atoms with Crippen molar-refractivity contribution in [3.8, 4) is 0 Å². The van der Waals surface area contributed by atoms with Crippen molar-refractivity contribution >= 4 is 28.6 Å². The van der Waals surface area contributed by atoms with Gasteiger partial charge in [-0.1, -0.05) is 11.6 Å². The summed E-state index contributed by atoms with van der Waals surface area (Å²) < 4.78 is 11.8. The summed E-state index contributed by atoms with van der Waals surface area (Å²) in [5.74, 6) is -0.483. The van der Waals surface area contributed by atoms with Crippen LogP contribution in [0.3, 0.4) is 0 Å². The van der Waals surface area contributed by atoms with Crippen molar-refractivity contribution in [2.75, 3.05) is 6.61 Å². The molecule has 0 N–H and O–H groups in total. The van der Waals surface area contributed by atoms with Crippen molar-refractivity contribution in [1.29, 1.82) is 0 Å². The minimum absolute atomic E-state index is 0.252. The van der Waals surface area contributed by atoms with Gasteiger partial charge in [-0.3, -0.25) is 0 Å². The molecule has 0 aliphatic carbocycles. The van der Waals surface area contributed by atoms with E-state index in [1.165, 1.54) is 6.20 Å². The van der Waals surface area contributed by atoms with E-state index in [1.54, 1.807) is 24.1 Å². The number of hydrogen-bond donors (Lipinski definition) is 0. The Morgan fingerprint density at radius 2 is 2.32 bits per heavy atom. The van der Waals surface area contributed by atoms with E-state index in [-0.39, 0.29) is 12.2 Å². The van der Waals surface area contributed by atoms with Crippen LogP contribution in [0, 0.1) is 6.92 Å². The lowest BCUT2D eigenvalue weighted by Crippen LogP contribution is -2.07. The van der Waals surface area contributed by atoms with Gasteiger partial charge in [-0.05, 0) is 19.9 Å². The molecule has 0 atom stereocenters. The number of fused-ring (bicyclic) bond motifs is 1. The number of pyridine rings is 1. The molecule has 22 heavy (non-hydrogen) atoms. The summed E-state index contributed by atoms with van der Waals surface area (Å²) in [4.78, 5) is 16.2. The van der Waals surface area contributed by atoms with Crippen molar-refractivity contribution in [3.63, 3.8) is 0 Å². The average molecular weight is 320 g/mol. The Hall–Kier alpha value is -2.34. The third-order valence-corrected chi connectivity index (χ3v) is 3.67. The summed E-state index contributed by atoms with van der Waals surface area (Å²) in [5.41, 5.74) is 2.55. The highest BCUT2D eigenvalue weighted by molar-refractivity contribution is 6.38. The first-order valence-electron chi connectivity index (χ1n) is 6.81. The molecule has 0 spiro atoms. The molecule has 0 fully saturated rings. The zero-order chi connectivity index (χ0) is 15.7.